The van der Waals surface area contributed by atoms with Crippen LogP contribution in [0.25, 0.3) is 0 Å². The van der Waals surface area contributed by atoms with Crippen molar-refractivity contribution < 1.29 is 23.8 Å². The van der Waals surface area contributed by atoms with Crippen LogP contribution in [0.2, 0.25) is 10.0 Å². The second-order valence-corrected chi connectivity index (χ2v) is 10.2. The van der Waals surface area contributed by atoms with E-state index in [0.717, 1.165) is 10.4 Å². The first kappa shape index (κ1) is 26.3. The van der Waals surface area contributed by atoms with Gasteiger partial charge in [-0.15, -0.1) is 11.3 Å². The molecule has 0 spiro atoms. The van der Waals surface area contributed by atoms with E-state index in [1.54, 1.807) is 41.5 Å². The van der Waals surface area contributed by atoms with Gasteiger partial charge in [0.2, 0.25) is 12.7 Å². The van der Waals surface area contributed by atoms with E-state index in [-0.39, 0.29) is 25.2 Å². The summed E-state index contributed by atoms with van der Waals surface area (Å²) >= 11 is 13.8. The fourth-order valence-electron chi connectivity index (χ4n) is 3.86. The van der Waals surface area contributed by atoms with Crippen molar-refractivity contribution in [2.75, 3.05) is 33.6 Å². The van der Waals surface area contributed by atoms with Gasteiger partial charge in [-0.1, -0.05) is 35.3 Å². The average Bonchev–Trinajstić information content (AvgIpc) is 3.53. The number of carbonyl (C=O) groups excluding carboxylic acids is 2. The number of hydrogen-bond acceptors (Lipinski definition) is 6. The van der Waals surface area contributed by atoms with Crippen molar-refractivity contribution in [3.8, 4) is 11.5 Å². The van der Waals surface area contributed by atoms with Crippen LogP contribution in [0.15, 0.2) is 53.9 Å². The second-order valence-electron chi connectivity index (χ2n) is 8.25. The lowest BCUT2D eigenvalue weighted by atomic mass is 10.1. The standard InChI is InChI=1S/C26H26Cl2N2O5S/c1-33-8-3-7-29(26(32)19-11-20(27)13-21(28)12-19)16-25(31)30(15-22-4-2-9-36-22)14-18-5-6-23-24(10-18)35-17-34-23/h2,4-6,9-13H,3,7-8,14-17H2,1H3. The van der Waals surface area contributed by atoms with Crippen LogP contribution in [0.1, 0.15) is 27.2 Å². The first-order valence-corrected chi connectivity index (χ1v) is 13.0. The SMILES string of the molecule is COCCCN(CC(=O)N(Cc1ccc2c(c1)OCO2)Cc1cccs1)C(=O)c1cc(Cl)cc(Cl)c1. The molecule has 4 rings (SSSR count). The van der Waals surface area contributed by atoms with Crippen LogP contribution in [-0.4, -0.2) is 55.2 Å². The molecule has 0 saturated heterocycles. The number of hydrogen-bond donors (Lipinski definition) is 0. The van der Waals surface area contributed by atoms with E-state index >= 15 is 0 Å². The Kier molecular flexibility index (Phi) is 9.09. The molecule has 2 heterocycles. The largest absolute Gasteiger partial charge is 0.454 e. The van der Waals surface area contributed by atoms with Crippen molar-refractivity contribution in [1.29, 1.82) is 0 Å². The van der Waals surface area contributed by atoms with E-state index in [4.69, 9.17) is 37.4 Å². The number of thiophene rings is 1. The molecular formula is C26H26Cl2N2O5S. The third-order valence-corrected chi connectivity index (χ3v) is 6.89. The Hall–Kier alpha value is -2.78. The van der Waals surface area contributed by atoms with E-state index in [1.165, 1.54) is 4.90 Å². The summed E-state index contributed by atoms with van der Waals surface area (Å²) in [5.74, 6) is 0.846. The molecule has 0 aliphatic carbocycles. The lowest BCUT2D eigenvalue weighted by Crippen LogP contribution is -2.43. The molecule has 36 heavy (non-hydrogen) atoms. The van der Waals surface area contributed by atoms with Crippen molar-refractivity contribution in [3.63, 3.8) is 0 Å². The summed E-state index contributed by atoms with van der Waals surface area (Å²) in [4.78, 5) is 31.3. The van der Waals surface area contributed by atoms with Gasteiger partial charge in [0, 0.05) is 47.3 Å². The normalized spacial score (nSPS) is 12.0. The fraction of sp³-hybridized carbons (Fsp3) is 0.308. The third kappa shape index (κ3) is 6.91. The van der Waals surface area contributed by atoms with Crippen LogP contribution in [0.4, 0.5) is 0 Å². The highest BCUT2D eigenvalue weighted by Crippen LogP contribution is 2.33. The summed E-state index contributed by atoms with van der Waals surface area (Å²) in [6, 6.07) is 14.2. The molecule has 0 unspecified atom stereocenters. The molecule has 1 aliphatic rings. The van der Waals surface area contributed by atoms with Crippen molar-refractivity contribution in [2.45, 2.75) is 19.5 Å². The highest BCUT2D eigenvalue weighted by Gasteiger charge is 2.24. The fourth-order valence-corrected chi connectivity index (χ4v) is 5.10. The molecule has 190 valence electrons. The zero-order valence-electron chi connectivity index (χ0n) is 19.7. The van der Waals surface area contributed by atoms with Crippen molar-refractivity contribution in [1.82, 2.24) is 9.80 Å². The van der Waals surface area contributed by atoms with Crippen LogP contribution < -0.4 is 9.47 Å². The summed E-state index contributed by atoms with van der Waals surface area (Å²) in [6.07, 6.45) is 0.580. The summed E-state index contributed by atoms with van der Waals surface area (Å²) in [5, 5.41) is 2.69. The van der Waals surface area contributed by atoms with Crippen molar-refractivity contribution in [2.24, 2.45) is 0 Å². The first-order chi connectivity index (χ1) is 17.4. The van der Waals surface area contributed by atoms with E-state index < -0.39 is 0 Å². The molecule has 7 nitrogen and oxygen atoms in total. The predicted molar refractivity (Wildman–Crippen MR) is 140 cm³/mol. The minimum Gasteiger partial charge on any atom is -0.454 e. The minimum absolute atomic E-state index is 0.0946. The number of nitrogens with zero attached hydrogens (tertiary/aromatic N) is 2. The first-order valence-electron chi connectivity index (χ1n) is 11.4. The van der Waals surface area contributed by atoms with Gasteiger partial charge in [0.25, 0.3) is 5.91 Å². The Bertz CT molecular complexity index is 1180. The maximum atomic E-state index is 13.6. The Morgan fingerprint density at radius 1 is 1.00 bits per heavy atom. The molecule has 2 amide bonds. The van der Waals surface area contributed by atoms with Gasteiger partial charge in [-0.05, 0) is 53.8 Å². The maximum absolute atomic E-state index is 13.6. The average molecular weight is 549 g/mol. The number of fused-ring (bicyclic) bond motifs is 1. The van der Waals surface area contributed by atoms with Crippen molar-refractivity contribution in [3.05, 3.63) is 80.0 Å². The molecule has 0 atom stereocenters. The Balaban J connectivity index is 1.55. The second kappa shape index (κ2) is 12.5. The molecule has 0 bridgehead atoms. The number of amides is 2. The van der Waals surface area contributed by atoms with Gasteiger partial charge < -0.3 is 24.0 Å². The van der Waals surface area contributed by atoms with Crippen LogP contribution in [0.3, 0.4) is 0 Å². The molecule has 1 aliphatic heterocycles. The van der Waals surface area contributed by atoms with Gasteiger partial charge >= 0.3 is 0 Å². The molecular weight excluding hydrogens is 523 g/mol. The number of rotatable bonds is 11. The molecule has 0 saturated carbocycles. The van der Waals surface area contributed by atoms with E-state index in [2.05, 4.69) is 0 Å². The minimum atomic E-state index is -0.317. The molecule has 0 radical (unpaired) electrons. The van der Waals surface area contributed by atoms with Crippen LogP contribution in [-0.2, 0) is 22.6 Å². The zero-order valence-corrected chi connectivity index (χ0v) is 22.1. The maximum Gasteiger partial charge on any atom is 0.254 e. The lowest BCUT2D eigenvalue weighted by molar-refractivity contribution is -0.133. The number of carbonyl (C=O) groups is 2. The van der Waals surface area contributed by atoms with Gasteiger partial charge in [0.05, 0.1) is 6.54 Å². The quantitative estimate of drug-likeness (QED) is 0.296. The van der Waals surface area contributed by atoms with Crippen LogP contribution in [0.5, 0.6) is 11.5 Å². The highest BCUT2D eigenvalue weighted by atomic mass is 35.5. The van der Waals surface area contributed by atoms with Gasteiger partial charge in [-0.25, -0.2) is 0 Å². The topological polar surface area (TPSA) is 68.3 Å². The summed E-state index contributed by atoms with van der Waals surface area (Å²) in [7, 11) is 1.60. The molecule has 0 fully saturated rings. The van der Waals surface area contributed by atoms with Gasteiger partial charge in [0.15, 0.2) is 11.5 Å². The molecule has 10 heteroatoms. The highest BCUT2D eigenvalue weighted by molar-refractivity contribution is 7.09. The van der Waals surface area contributed by atoms with Gasteiger partial charge in [0.1, 0.15) is 6.54 Å². The summed E-state index contributed by atoms with van der Waals surface area (Å²) in [5.41, 5.74) is 1.24. The Morgan fingerprint density at radius 3 is 2.50 bits per heavy atom. The monoisotopic (exact) mass is 548 g/mol. The van der Waals surface area contributed by atoms with E-state index in [1.807, 2.05) is 35.7 Å². The predicted octanol–water partition coefficient (Wildman–Crippen LogP) is 5.49. The smallest absolute Gasteiger partial charge is 0.254 e. The van der Waals surface area contributed by atoms with Gasteiger partial charge in [-0.2, -0.15) is 0 Å². The number of ether oxygens (including phenoxy) is 3. The van der Waals surface area contributed by atoms with E-state index in [0.29, 0.717) is 59.8 Å². The van der Waals surface area contributed by atoms with E-state index in [9.17, 15) is 9.59 Å². The number of benzene rings is 2. The van der Waals surface area contributed by atoms with Gasteiger partial charge in [-0.3, -0.25) is 9.59 Å². The molecule has 3 aromatic rings. The Labute approximate surface area is 224 Å². The molecule has 0 N–H and O–H groups in total. The van der Waals surface area contributed by atoms with Crippen LogP contribution >= 0.6 is 34.5 Å². The summed E-state index contributed by atoms with van der Waals surface area (Å²) in [6.45, 7) is 1.68. The number of halogens is 2. The lowest BCUT2D eigenvalue weighted by Gasteiger charge is -2.28. The summed E-state index contributed by atoms with van der Waals surface area (Å²) < 4.78 is 16.1. The third-order valence-electron chi connectivity index (χ3n) is 5.59. The van der Waals surface area contributed by atoms with Crippen LogP contribution in [0, 0.1) is 0 Å². The van der Waals surface area contributed by atoms with Crippen molar-refractivity contribution >= 4 is 46.4 Å². The molecule has 2 aromatic carbocycles. The molecule has 1 aromatic heterocycles. The zero-order chi connectivity index (χ0) is 25.5. The Morgan fingerprint density at radius 2 is 1.78 bits per heavy atom. The number of methoxy groups -OCH3 is 1.